The van der Waals surface area contributed by atoms with E-state index in [4.69, 9.17) is 4.74 Å². The third-order valence-electron chi connectivity index (χ3n) is 3.03. The summed E-state index contributed by atoms with van der Waals surface area (Å²) < 4.78 is 5.21. The van der Waals surface area contributed by atoms with Crippen molar-refractivity contribution >= 4 is 0 Å². The van der Waals surface area contributed by atoms with Crippen LogP contribution in [0.1, 0.15) is 19.3 Å². The number of rotatable bonds is 6. The highest BCUT2D eigenvalue weighted by atomic mass is 16.5. The molecule has 1 atom stereocenters. The molecule has 0 radical (unpaired) electrons. The van der Waals surface area contributed by atoms with Crippen LogP contribution in [0.2, 0.25) is 0 Å². The zero-order valence-corrected chi connectivity index (χ0v) is 9.05. The molecule has 1 aliphatic rings. The SMILES string of the molecule is CNCC(COC)N(C)C1CCC1. The maximum Gasteiger partial charge on any atom is 0.0630 e. The van der Waals surface area contributed by atoms with E-state index in [0.29, 0.717) is 6.04 Å². The Bertz CT molecular complexity index is 131. The molecule has 0 aromatic rings. The number of methoxy groups -OCH3 is 1. The maximum atomic E-state index is 5.21. The van der Waals surface area contributed by atoms with Crippen LogP contribution in [0.25, 0.3) is 0 Å². The first-order chi connectivity index (χ1) is 6.29. The van der Waals surface area contributed by atoms with Crippen molar-refractivity contribution in [2.75, 3.05) is 34.4 Å². The molecule has 0 aromatic carbocycles. The summed E-state index contributed by atoms with van der Waals surface area (Å²) in [5, 5.41) is 3.21. The molecular weight excluding hydrogens is 164 g/mol. The Hall–Kier alpha value is -0.120. The number of ether oxygens (including phenoxy) is 1. The van der Waals surface area contributed by atoms with Gasteiger partial charge in [-0.3, -0.25) is 4.90 Å². The lowest BCUT2D eigenvalue weighted by Crippen LogP contribution is -2.49. The summed E-state index contributed by atoms with van der Waals surface area (Å²) in [6, 6.07) is 1.33. The van der Waals surface area contributed by atoms with Gasteiger partial charge in [0.25, 0.3) is 0 Å². The van der Waals surface area contributed by atoms with Crippen molar-refractivity contribution in [1.82, 2.24) is 10.2 Å². The van der Waals surface area contributed by atoms with Crippen molar-refractivity contribution in [2.24, 2.45) is 0 Å². The maximum absolute atomic E-state index is 5.21. The summed E-state index contributed by atoms with van der Waals surface area (Å²) in [5.74, 6) is 0. The Morgan fingerprint density at radius 3 is 2.62 bits per heavy atom. The van der Waals surface area contributed by atoms with E-state index in [0.717, 1.165) is 19.2 Å². The molecule has 0 amide bonds. The van der Waals surface area contributed by atoms with Gasteiger partial charge in [-0.1, -0.05) is 6.42 Å². The van der Waals surface area contributed by atoms with Gasteiger partial charge >= 0.3 is 0 Å². The molecule has 13 heavy (non-hydrogen) atoms. The highest BCUT2D eigenvalue weighted by molar-refractivity contribution is 4.83. The van der Waals surface area contributed by atoms with E-state index in [1.165, 1.54) is 19.3 Å². The predicted molar refractivity (Wildman–Crippen MR) is 55.0 cm³/mol. The van der Waals surface area contributed by atoms with Crippen LogP contribution in [0, 0.1) is 0 Å². The first kappa shape index (κ1) is 11.0. The van der Waals surface area contributed by atoms with Crippen LogP contribution in [0.15, 0.2) is 0 Å². The lowest BCUT2D eigenvalue weighted by molar-refractivity contribution is 0.0532. The summed E-state index contributed by atoms with van der Waals surface area (Å²) in [6.45, 7) is 1.84. The van der Waals surface area contributed by atoms with Gasteiger partial charge in [-0.05, 0) is 26.9 Å². The second-order valence-electron chi connectivity index (χ2n) is 3.92. The van der Waals surface area contributed by atoms with Crippen molar-refractivity contribution in [3.63, 3.8) is 0 Å². The molecule has 1 aliphatic carbocycles. The third-order valence-corrected chi connectivity index (χ3v) is 3.03. The number of nitrogens with zero attached hydrogens (tertiary/aromatic N) is 1. The second kappa shape index (κ2) is 5.58. The Labute approximate surface area is 81.4 Å². The fourth-order valence-electron chi connectivity index (χ4n) is 1.84. The lowest BCUT2D eigenvalue weighted by Gasteiger charge is -2.39. The molecule has 0 saturated heterocycles. The summed E-state index contributed by atoms with van der Waals surface area (Å²) in [7, 11) is 5.99. The number of nitrogens with one attached hydrogen (secondary N) is 1. The van der Waals surface area contributed by atoms with Crippen molar-refractivity contribution in [1.29, 1.82) is 0 Å². The van der Waals surface area contributed by atoms with Crippen molar-refractivity contribution in [2.45, 2.75) is 31.3 Å². The Balaban J connectivity index is 2.32. The van der Waals surface area contributed by atoms with Crippen LogP contribution >= 0.6 is 0 Å². The fourth-order valence-corrected chi connectivity index (χ4v) is 1.84. The van der Waals surface area contributed by atoms with Gasteiger partial charge < -0.3 is 10.1 Å². The Morgan fingerprint density at radius 2 is 2.23 bits per heavy atom. The molecule has 1 rings (SSSR count). The van der Waals surface area contributed by atoms with E-state index in [-0.39, 0.29) is 0 Å². The van der Waals surface area contributed by atoms with Gasteiger partial charge in [-0.15, -0.1) is 0 Å². The van der Waals surface area contributed by atoms with Gasteiger partial charge in [0.2, 0.25) is 0 Å². The molecule has 0 spiro atoms. The van der Waals surface area contributed by atoms with E-state index in [2.05, 4.69) is 17.3 Å². The number of hydrogen-bond acceptors (Lipinski definition) is 3. The highest BCUT2D eigenvalue weighted by Crippen LogP contribution is 2.24. The molecular formula is C10H22N2O. The lowest BCUT2D eigenvalue weighted by atomic mass is 9.91. The minimum absolute atomic E-state index is 0.528. The molecule has 1 fully saturated rings. The van der Waals surface area contributed by atoms with Crippen LogP contribution in [0.3, 0.4) is 0 Å². The van der Waals surface area contributed by atoms with Crippen LogP contribution in [0.4, 0.5) is 0 Å². The first-order valence-electron chi connectivity index (χ1n) is 5.15. The van der Waals surface area contributed by atoms with Gasteiger partial charge in [-0.25, -0.2) is 0 Å². The molecule has 0 aromatic heterocycles. The molecule has 0 heterocycles. The first-order valence-corrected chi connectivity index (χ1v) is 5.15. The van der Waals surface area contributed by atoms with E-state index in [1.54, 1.807) is 7.11 Å². The largest absolute Gasteiger partial charge is 0.383 e. The molecule has 3 heteroatoms. The zero-order valence-electron chi connectivity index (χ0n) is 9.05. The smallest absolute Gasteiger partial charge is 0.0630 e. The summed E-state index contributed by atoms with van der Waals surface area (Å²) in [6.07, 6.45) is 4.12. The molecule has 78 valence electrons. The molecule has 0 aliphatic heterocycles. The molecule has 1 N–H and O–H groups in total. The second-order valence-corrected chi connectivity index (χ2v) is 3.92. The molecule has 1 unspecified atom stereocenters. The monoisotopic (exact) mass is 186 g/mol. The van der Waals surface area contributed by atoms with Gasteiger partial charge in [0.1, 0.15) is 0 Å². The summed E-state index contributed by atoms with van der Waals surface area (Å²) >= 11 is 0. The number of likely N-dealkylation sites (N-methyl/N-ethyl adjacent to an activating group) is 2. The van der Waals surface area contributed by atoms with Crippen LogP contribution < -0.4 is 5.32 Å². The van der Waals surface area contributed by atoms with Crippen LogP contribution in [-0.4, -0.2) is 51.3 Å². The quantitative estimate of drug-likeness (QED) is 0.661. The van der Waals surface area contributed by atoms with E-state index in [1.807, 2.05) is 7.05 Å². The van der Waals surface area contributed by atoms with E-state index in [9.17, 15) is 0 Å². The van der Waals surface area contributed by atoms with Gasteiger partial charge in [-0.2, -0.15) is 0 Å². The van der Waals surface area contributed by atoms with Crippen LogP contribution in [0.5, 0.6) is 0 Å². The van der Waals surface area contributed by atoms with E-state index < -0.39 is 0 Å². The topological polar surface area (TPSA) is 24.5 Å². The molecule has 1 saturated carbocycles. The highest BCUT2D eigenvalue weighted by Gasteiger charge is 2.26. The Kier molecular flexibility index (Phi) is 4.70. The van der Waals surface area contributed by atoms with Gasteiger partial charge in [0.15, 0.2) is 0 Å². The fraction of sp³-hybridized carbons (Fsp3) is 1.00. The Morgan fingerprint density at radius 1 is 1.54 bits per heavy atom. The third kappa shape index (κ3) is 2.93. The number of hydrogen-bond donors (Lipinski definition) is 1. The zero-order chi connectivity index (χ0) is 9.68. The van der Waals surface area contributed by atoms with Crippen molar-refractivity contribution in [3.8, 4) is 0 Å². The molecule has 3 nitrogen and oxygen atoms in total. The minimum atomic E-state index is 0.528. The van der Waals surface area contributed by atoms with E-state index >= 15 is 0 Å². The predicted octanol–water partition coefficient (Wildman–Crippen LogP) is 0.705. The molecule has 0 bridgehead atoms. The summed E-state index contributed by atoms with van der Waals surface area (Å²) in [5.41, 5.74) is 0. The van der Waals surface area contributed by atoms with Crippen molar-refractivity contribution < 1.29 is 4.74 Å². The minimum Gasteiger partial charge on any atom is -0.383 e. The average Bonchev–Trinajstić information content (AvgIpc) is 2.01. The summed E-state index contributed by atoms with van der Waals surface area (Å²) in [4.78, 5) is 2.46. The van der Waals surface area contributed by atoms with Crippen LogP contribution in [-0.2, 0) is 4.74 Å². The average molecular weight is 186 g/mol. The standard InChI is InChI=1S/C10H22N2O/c1-11-7-10(8-13-3)12(2)9-5-4-6-9/h9-11H,4-8H2,1-3H3. The van der Waals surface area contributed by atoms with Gasteiger partial charge in [0, 0.05) is 25.7 Å². The van der Waals surface area contributed by atoms with Crippen molar-refractivity contribution in [3.05, 3.63) is 0 Å². The normalized spacial score (nSPS) is 20.3. The van der Waals surface area contributed by atoms with Gasteiger partial charge in [0.05, 0.1) is 6.61 Å².